The van der Waals surface area contributed by atoms with Crippen LogP contribution >= 0.6 is 11.3 Å². The summed E-state index contributed by atoms with van der Waals surface area (Å²) < 4.78 is 0. The molecule has 0 saturated carbocycles. The van der Waals surface area contributed by atoms with Gasteiger partial charge in [0.2, 0.25) is 0 Å². The maximum Gasteiger partial charge on any atom is 0.181 e. The molecule has 0 aromatic carbocycles. The number of nitrogens with one attached hydrogen (secondary N) is 3. The smallest absolute Gasteiger partial charge is 0.181 e. The molecule has 28 heavy (non-hydrogen) atoms. The van der Waals surface area contributed by atoms with Gasteiger partial charge in [-0.3, -0.25) is 15.2 Å². The molecule has 0 radical (unpaired) electrons. The Labute approximate surface area is 162 Å². The fraction of sp³-hybridized carbons (Fsp3) is 0. The summed E-state index contributed by atoms with van der Waals surface area (Å²) in [6.07, 6.45) is 9.20. The molecule has 0 saturated heterocycles. The van der Waals surface area contributed by atoms with E-state index in [0.717, 1.165) is 44.4 Å². The minimum absolute atomic E-state index is 0.678. The number of thiophene rings is 1. The van der Waals surface area contributed by atoms with Crippen molar-refractivity contribution in [2.75, 3.05) is 0 Å². The maximum absolute atomic E-state index is 4.49. The Balaban J connectivity index is 1.55. The predicted octanol–water partition coefficient (Wildman–Crippen LogP) is 4.62. The molecular weight excluding hydrogens is 370 g/mol. The monoisotopic (exact) mass is 383 g/mol. The number of nitrogens with zero attached hydrogens (tertiary/aromatic N) is 4. The topological polar surface area (TPSA) is 98.9 Å². The minimum atomic E-state index is 0.678. The van der Waals surface area contributed by atoms with E-state index in [1.807, 2.05) is 24.8 Å². The van der Waals surface area contributed by atoms with Crippen LogP contribution in [0.4, 0.5) is 0 Å². The Kier molecular flexibility index (Phi) is 3.20. The Bertz CT molecular complexity index is 1410. The molecule has 3 N–H and O–H groups in total. The summed E-state index contributed by atoms with van der Waals surface area (Å²) in [7, 11) is 0. The molecule has 6 aromatic rings. The van der Waals surface area contributed by atoms with Crippen LogP contribution in [0.2, 0.25) is 0 Å². The molecular formula is C20H13N7S. The third-order valence-electron chi connectivity index (χ3n) is 4.89. The van der Waals surface area contributed by atoms with Crippen molar-refractivity contribution >= 4 is 33.3 Å². The number of fused-ring (bicyclic) bond motifs is 2. The third-order valence-corrected chi connectivity index (χ3v) is 5.57. The average Bonchev–Trinajstić information content (AvgIpc) is 3.53. The fourth-order valence-corrected chi connectivity index (χ4v) is 4.16. The molecule has 6 rings (SSSR count). The highest BCUT2D eigenvalue weighted by Gasteiger charge is 2.15. The Morgan fingerprint density at radius 3 is 2.79 bits per heavy atom. The van der Waals surface area contributed by atoms with Gasteiger partial charge in [0.1, 0.15) is 0 Å². The van der Waals surface area contributed by atoms with Crippen molar-refractivity contribution in [3.8, 4) is 33.6 Å². The summed E-state index contributed by atoms with van der Waals surface area (Å²) in [6.45, 7) is 0. The van der Waals surface area contributed by atoms with Crippen LogP contribution in [-0.4, -0.2) is 35.3 Å². The van der Waals surface area contributed by atoms with E-state index in [1.54, 1.807) is 17.5 Å². The Morgan fingerprint density at radius 2 is 1.93 bits per heavy atom. The lowest BCUT2D eigenvalue weighted by molar-refractivity contribution is 1.09. The first kappa shape index (κ1) is 15.3. The van der Waals surface area contributed by atoms with Gasteiger partial charge in [-0.15, -0.1) is 0 Å². The summed E-state index contributed by atoms with van der Waals surface area (Å²) in [5.41, 5.74) is 7.78. The first-order chi connectivity index (χ1) is 13.9. The van der Waals surface area contributed by atoms with E-state index in [9.17, 15) is 0 Å². The second kappa shape index (κ2) is 5.86. The number of aromatic amines is 3. The molecule has 0 aliphatic heterocycles. The molecule has 0 fully saturated rings. The van der Waals surface area contributed by atoms with Crippen LogP contribution in [-0.2, 0) is 0 Å². The van der Waals surface area contributed by atoms with Crippen LogP contribution in [0.3, 0.4) is 0 Å². The standard InChI is InChI=1S/C20H13N7S/c1-2-28-10-11(1)16-8-21-9-18-14(16)4-17(25-18)19-15-3-12(13-6-23-24-7-13)5-22-20(15)27-26-19/h1-10,25H,(H,23,24)(H,22,26,27). The second-order valence-corrected chi connectivity index (χ2v) is 7.30. The zero-order valence-electron chi connectivity index (χ0n) is 14.5. The van der Waals surface area contributed by atoms with E-state index < -0.39 is 0 Å². The van der Waals surface area contributed by atoms with Gasteiger partial charge >= 0.3 is 0 Å². The van der Waals surface area contributed by atoms with Crippen LogP contribution in [0.15, 0.2) is 59.9 Å². The normalized spacial score (nSPS) is 11.6. The van der Waals surface area contributed by atoms with Crippen LogP contribution in [0.1, 0.15) is 0 Å². The number of H-pyrrole nitrogens is 3. The molecule has 8 heteroatoms. The lowest BCUT2D eigenvalue weighted by Gasteiger charge is -1.98. The van der Waals surface area contributed by atoms with Gasteiger partial charge in [0.25, 0.3) is 0 Å². The molecule has 0 bridgehead atoms. The van der Waals surface area contributed by atoms with Crippen molar-refractivity contribution < 1.29 is 0 Å². The number of hydrogen-bond acceptors (Lipinski definition) is 5. The van der Waals surface area contributed by atoms with E-state index in [-0.39, 0.29) is 0 Å². The number of aromatic nitrogens is 7. The molecule has 0 atom stereocenters. The van der Waals surface area contributed by atoms with Crippen molar-refractivity contribution in [1.82, 2.24) is 35.3 Å². The van der Waals surface area contributed by atoms with Gasteiger partial charge in [0.05, 0.1) is 29.3 Å². The predicted molar refractivity (Wildman–Crippen MR) is 110 cm³/mol. The highest BCUT2D eigenvalue weighted by molar-refractivity contribution is 7.08. The zero-order chi connectivity index (χ0) is 18.5. The maximum atomic E-state index is 4.49. The molecule has 134 valence electrons. The summed E-state index contributed by atoms with van der Waals surface area (Å²) >= 11 is 1.68. The highest BCUT2D eigenvalue weighted by atomic mass is 32.1. The number of rotatable bonds is 3. The lowest BCUT2D eigenvalue weighted by Crippen LogP contribution is -1.81. The van der Waals surface area contributed by atoms with Gasteiger partial charge in [-0.05, 0) is 34.5 Å². The van der Waals surface area contributed by atoms with Gasteiger partial charge in [-0.1, -0.05) is 0 Å². The minimum Gasteiger partial charge on any atom is -0.352 e. The SMILES string of the molecule is c1cc(-c2cncc3[nH]c(-c4[nH]nc5ncc(-c6cn[nH]c6)cc45)cc23)cs1. The van der Waals surface area contributed by atoms with Gasteiger partial charge in [-0.2, -0.15) is 21.5 Å². The first-order valence-electron chi connectivity index (χ1n) is 8.70. The van der Waals surface area contributed by atoms with E-state index in [2.05, 4.69) is 64.3 Å². The first-order valence-corrected chi connectivity index (χ1v) is 9.64. The Morgan fingerprint density at radius 1 is 0.929 bits per heavy atom. The Hall–Kier alpha value is -3.78. The molecule has 0 aliphatic carbocycles. The van der Waals surface area contributed by atoms with Crippen molar-refractivity contribution in [2.45, 2.75) is 0 Å². The van der Waals surface area contributed by atoms with Crippen LogP contribution < -0.4 is 0 Å². The second-order valence-electron chi connectivity index (χ2n) is 6.52. The van der Waals surface area contributed by atoms with Crippen LogP contribution in [0.5, 0.6) is 0 Å². The lowest BCUT2D eigenvalue weighted by atomic mass is 10.1. The van der Waals surface area contributed by atoms with Gasteiger partial charge in [0, 0.05) is 46.1 Å². The molecule has 7 nitrogen and oxygen atoms in total. The van der Waals surface area contributed by atoms with Gasteiger partial charge in [0.15, 0.2) is 5.65 Å². The van der Waals surface area contributed by atoms with Crippen molar-refractivity contribution in [1.29, 1.82) is 0 Å². The third kappa shape index (κ3) is 2.28. The molecule has 6 heterocycles. The molecule has 0 spiro atoms. The summed E-state index contributed by atoms with van der Waals surface area (Å²) in [5, 5.41) is 20.7. The highest BCUT2D eigenvalue weighted by Crippen LogP contribution is 2.34. The number of pyridine rings is 2. The largest absolute Gasteiger partial charge is 0.352 e. The zero-order valence-corrected chi connectivity index (χ0v) is 15.3. The summed E-state index contributed by atoms with van der Waals surface area (Å²) in [5.74, 6) is 0. The van der Waals surface area contributed by atoms with Crippen LogP contribution in [0, 0.1) is 0 Å². The molecule has 0 aliphatic rings. The summed E-state index contributed by atoms with van der Waals surface area (Å²) in [6, 6.07) is 6.33. The molecule has 0 amide bonds. The van der Waals surface area contributed by atoms with Crippen molar-refractivity contribution in [2.24, 2.45) is 0 Å². The quantitative estimate of drug-likeness (QED) is 0.415. The molecule has 0 unspecified atom stereocenters. The van der Waals surface area contributed by atoms with Gasteiger partial charge in [-0.25, -0.2) is 4.98 Å². The summed E-state index contributed by atoms with van der Waals surface area (Å²) in [4.78, 5) is 12.4. The van der Waals surface area contributed by atoms with E-state index in [0.29, 0.717) is 5.65 Å². The fourth-order valence-electron chi connectivity index (χ4n) is 3.51. The number of hydrogen-bond donors (Lipinski definition) is 3. The van der Waals surface area contributed by atoms with E-state index in [1.165, 1.54) is 5.56 Å². The van der Waals surface area contributed by atoms with E-state index >= 15 is 0 Å². The van der Waals surface area contributed by atoms with Crippen molar-refractivity contribution in [3.05, 3.63) is 59.9 Å². The molecule has 6 aromatic heterocycles. The average molecular weight is 383 g/mol. The van der Waals surface area contributed by atoms with Gasteiger partial charge < -0.3 is 4.98 Å². The van der Waals surface area contributed by atoms with Crippen molar-refractivity contribution in [3.63, 3.8) is 0 Å². The van der Waals surface area contributed by atoms with E-state index in [4.69, 9.17) is 0 Å². The van der Waals surface area contributed by atoms with Crippen LogP contribution in [0.25, 0.3) is 55.6 Å².